The Labute approximate surface area is 123 Å². The zero-order chi connectivity index (χ0) is 14.9. The fraction of sp³-hybridized carbons (Fsp3) is 0.400. The van der Waals surface area contributed by atoms with E-state index in [0.717, 1.165) is 11.1 Å². The standard InChI is InChI=1S/C15H17NO4S/c1-19-9-15-13(8-20-16-15)10-21(17,18)14-6-11-4-2-3-5-12(11)7-14/h2-5,8,14H,6-7,9-10H2,1H3. The van der Waals surface area contributed by atoms with E-state index in [1.807, 2.05) is 24.3 Å². The fourth-order valence-corrected chi connectivity index (χ4v) is 4.53. The Morgan fingerprint density at radius 2 is 1.95 bits per heavy atom. The lowest BCUT2D eigenvalue weighted by Crippen LogP contribution is -2.23. The Balaban J connectivity index is 1.78. The van der Waals surface area contributed by atoms with Gasteiger partial charge in [-0.25, -0.2) is 8.42 Å². The summed E-state index contributed by atoms with van der Waals surface area (Å²) in [5.74, 6) is -0.0478. The third kappa shape index (κ3) is 2.87. The zero-order valence-corrected chi connectivity index (χ0v) is 12.6. The maximum absolute atomic E-state index is 12.6. The summed E-state index contributed by atoms with van der Waals surface area (Å²) in [5, 5.41) is 3.43. The van der Waals surface area contributed by atoms with Crippen LogP contribution in [0.4, 0.5) is 0 Å². The molecule has 21 heavy (non-hydrogen) atoms. The molecule has 0 radical (unpaired) electrons. The minimum Gasteiger partial charge on any atom is -0.378 e. The van der Waals surface area contributed by atoms with E-state index in [4.69, 9.17) is 9.26 Å². The summed E-state index contributed by atoms with van der Waals surface area (Å²) in [6.07, 6.45) is 2.57. The SMILES string of the molecule is COCc1nocc1CS(=O)(=O)C1Cc2ccccc2C1. The second-order valence-corrected chi connectivity index (χ2v) is 7.61. The normalized spacial score (nSPS) is 15.3. The molecule has 1 aliphatic carbocycles. The first-order valence-corrected chi connectivity index (χ1v) is 8.51. The smallest absolute Gasteiger partial charge is 0.158 e. The molecular formula is C15H17NO4S. The topological polar surface area (TPSA) is 69.4 Å². The van der Waals surface area contributed by atoms with Crippen molar-refractivity contribution in [1.29, 1.82) is 0 Å². The summed E-state index contributed by atoms with van der Waals surface area (Å²) in [6.45, 7) is 0.256. The highest BCUT2D eigenvalue weighted by atomic mass is 32.2. The lowest BCUT2D eigenvalue weighted by Gasteiger charge is -2.10. The number of hydrogen-bond acceptors (Lipinski definition) is 5. The van der Waals surface area contributed by atoms with Crippen LogP contribution >= 0.6 is 0 Å². The van der Waals surface area contributed by atoms with Crippen molar-refractivity contribution in [2.24, 2.45) is 0 Å². The Bertz CT molecular complexity index is 711. The van der Waals surface area contributed by atoms with Crippen LogP contribution in [0.5, 0.6) is 0 Å². The molecule has 0 bridgehead atoms. The van der Waals surface area contributed by atoms with Gasteiger partial charge in [-0.15, -0.1) is 0 Å². The van der Waals surface area contributed by atoms with Gasteiger partial charge in [0.2, 0.25) is 0 Å². The number of hydrogen-bond donors (Lipinski definition) is 0. The minimum absolute atomic E-state index is 0.0478. The molecule has 2 aromatic rings. The largest absolute Gasteiger partial charge is 0.378 e. The quantitative estimate of drug-likeness (QED) is 0.844. The van der Waals surface area contributed by atoms with E-state index in [1.165, 1.54) is 6.26 Å². The van der Waals surface area contributed by atoms with E-state index in [-0.39, 0.29) is 17.6 Å². The van der Waals surface area contributed by atoms with Gasteiger partial charge >= 0.3 is 0 Å². The first-order valence-electron chi connectivity index (χ1n) is 6.79. The molecule has 0 fully saturated rings. The highest BCUT2D eigenvalue weighted by Crippen LogP contribution is 2.28. The van der Waals surface area contributed by atoms with Gasteiger partial charge in [-0.1, -0.05) is 29.4 Å². The summed E-state index contributed by atoms with van der Waals surface area (Å²) >= 11 is 0. The van der Waals surface area contributed by atoms with Gasteiger partial charge in [0.25, 0.3) is 0 Å². The minimum atomic E-state index is -3.25. The Kier molecular flexibility index (Phi) is 3.82. The molecule has 5 nitrogen and oxygen atoms in total. The fourth-order valence-electron chi connectivity index (χ4n) is 2.76. The molecule has 3 rings (SSSR count). The van der Waals surface area contributed by atoms with Crippen LogP contribution in [0.25, 0.3) is 0 Å². The highest BCUT2D eigenvalue weighted by Gasteiger charge is 2.33. The zero-order valence-electron chi connectivity index (χ0n) is 11.8. The van der Waals surface area contributed by atoms with Gasteiger partial charge in [0.15, 0.2) is 9.84 Å². The molecule has 0 saturated carbocycles. The van der Waals surface area contributed by atoms with Crippen molar-refractivity contribution < 1.29 is 17.7 Å². The van der Waals surface area contributed by atoms with E-state index < -0.39 is 9.84 Å². The second kappa shape index (κ2) is 5.61. The van der Waals surface area contributed by atoms with Crippen LogP contribution in [0.2, 0.25) is 0 Å². The molecule has 1 heterocycles. The van der Waals surface area contributed by atoms with E-state index >= 15 is 0 Å². The van der Waals surface area contributed by atoms with E-state index in [1.54, 1.807) is 7.11 Å². The van der Waals surface area contributed by atoms with Crippen LogP contribution in [0.1, 0.15) is 22.4 Å². The molecule has 1 aromatic carbocycles. The number of benzene rings is 1. The number of sulfone groups is 1. The van der Waals surface area contributed by atoms with Crippen LogP contribution in [-0.2, 0) is 39.8 Å². The van der Waals surface area contributed by atoms with Crippen LogP contribution < -0.4 is 0 Å². The van der Waals surface area contributed by atoms with Crippen molar-refractivity contribution in [1.82, 2.24) is 5.16 Å². The molecule has 0 N–H and O–H groups in total. The second-order valence-electron chi connectivity index (χ2n) is 5.33. The van der Waals surface area contributed by atoms with Gasteiger partial charge in [-0.2, -0.15) is 0 Å². The third-order valence-corrected chi connectivity index (χ3v) is 5.95. The van der Waals surface area contributed by atoms with Gasteiger partial charge in [0.05, 0.1) is 17.6 Å². The predicted octanol–water partition coefficient (Wildman–Crippen LogP) is 1.90. The summed E-state index contributed by atoms with van der Waals surface area (Å²) in [6, 6.07) is 7.90. The lowest BCUT2D eigenvalue weighted by molar-refractivity contribution is 0.177. The first-order chi connectivity index (χ1) is 10.1. The number of fused-ring (bicyclic) bond motifs is 1. The number of rotatable bonds is 5. The van der Waals surface area contributed by atoms with Gasteiger partial charge in [0, 0.05) is 12.7 Å². The molecule has 112 valence electrons. The maximum Gasteiger partial charge on any atom is 0.158 e. The molecule has 1 aromatic heterocycles. The van der Waals surface area contributed by atoms with Gasteiger partial charge in [-0.05, 0) is 24.0 Å². The predicted molar refractivity (Wildman–Crippen MR) is 77.5 cm³/mol. The monoisotopic (exact) mass is 307 g/mol. The van der Waals surface area contributed by atoms with E-state index in [0.29, 0.717) is 24.1 Å². The summed E-state index contributed by atoms with van der Waals surface area (Å²) < 4.78 is 35.1. The summed E-state index contributed by atoms with van der Waals surface area (Å²) in [7, 11) is -1.70. The summed E-state index contributed by atoms with van der Waals surface area (Å²) in [4.78, 5) is 0. The molecule has 1 aliphatic rings. The third-order valence-electron chi connectivity index (χ3n) is 3.89. The van der Waals surface area contributed by atoms with Crippen LogP contribution in [0, 0.1) is 0 Å². The van der Waals surface area contributed by atoms with Crippen molar-refractivity contribution in [3.63, 3.8) is 0 Å². The highest BCUT2D eigenvalue weighted by molar-refractivity contribution is 7.91. The number of ether oxygens (including phenoxy) is 1. The molecule has 0 amide bonds. The van der Waals surface area contributed by atoms with Gasteiger partial charge in [-0.3, -0.25) is 0 Å². The molecule has 0 atom stereocenters. The average Bonchev–Trinajstić information content (AvgIpc) is 3.06. The lowest BCUT2D eigenvalue weighted by atomic mass is 10.1. The van der Waals surface area contributed by atoms with Crippen molar-refractivity contribution in [2.75, 3.05) is 7.11 Å². The Morgan fingerprint density at radius 1 is 1.29 bits per heavy atom. The molecule has 0 spiro atoms. The number of nitrogens with zero attached hydrogens (tertiary/aromatic N) is 1. The van der Waals surface area contributed by atoms with E-state index in [2.05, 4.69) is 5.16 Å². The summed E-state index contributed by atoms with van der Waals surface area (Å²) in [5.41, 5.74) is 3.41. The van der Waals surface area contributed by atoms with E-state index in [9.17, 15) is 8.42 Å². The number of methoxy groups -OCH3 is 1. The molecular weight excluding hydrogens is 290 g/mol. The first kappa shape index (κ1) is 14.3. The molecule has 0 saturated heterocycles. The maximum atomic E-state index is 12.6. The van der Waals surface area contributed by atoms with Crippen molar-refractivity contribution >= 4 is 9.84 Å². The molecule has 0 aliphatic heterocycles. The van der Waals surface area contributed by atoms with Crippen LogP contribution in [0.3, 0.4) is 0 Å². The average molecular weight is 307 g/mol. The van der Waals surface area contributed by atoms with Crippen molar-refractivity contribution in [3.05, 3.63) is 52.9 Å². The van der Waals surface area contributed by atoms with Gasteiger partial charge < -0.3 is 9.26 Å². The molecule has 0 unspecified atom stereocenters. The van der Waals surface area contributed by atoms with Crippen LogP contribution in [-0.4, -0.2) is 25.9 Å². The Morgan fingerprint density at radius 3 is 2.57 bits per heavy atom. The Hall–Kier alpha value is -1.66. The molecule has 6 heteroatoms. The van der Waals surface area contributed by atoms with Crippen molar-refractivity contribution in [2.45, 2.75) is 30.5 Å². The van der Waals surface area contributed by atoms with Crippen LogP contribution in [0.15, 0.2) is 35.1 Å². The van der Waals surface area contributed by atoms with Crippen molar-refractivity contribution in [3.8, 4) is 0 Å². The number of aromatic nitrogens is 1. The van der Waals surface area contributed by atoms with Gasteiger partial charge in [0.1, 0.15) is 12.0 Å².